The largest absolute Gasteiger partial charge is 0.497 e. The Bertz CT molecular complexity index is 1080. The lowest BCUT2D eigenvalue weighted by Gasteiger charge is -2.16. The molecule has 3 aromatic rings. The van der Waals surface area contributed by atoms with Crippen molar-refractivity contribution in [3.8, 4) is 22.9 Å². The minimum Gasteiger partial charge on any atom is -0.497 e. The summed E-state index contributed by atoms with van der Waals surface area (Å²) in [4.78, 5) is 24.3. The number of aromatic carboxylic acids is 1. The van der Waals surface area contributed by atoms with Gasteiger partial charge in [0.25, 0.3) is 0 Å². The van der Waals surface area contributed by atoms with E-state index >= 15 is 0 Å². The molecule has 152 valence electrons. The summed E-state index contributed by atoms with van der Waals surface area (Å²) in [6.45, 7) is 0.941. The lowest BCUT2D eigenvalue weighted by Crippen LogP contribution is -2.18. The normalized spacial score (nSPS) is 10.7. The molecule has 0 spiro atoms. The molecule has 3 rings (SSSR count). The number of carboxylic acid groups (broad SMARTS) is 1. The fourth-order valence-electron chi connectivity index (χ4n) is 2.97. The first kappa shape index (κ1) is 20.2. The molecule has 0 radical (unpaired) electrons. The fourth-order valence-corrected chi connectivity index (χ4v) is 2.97. The first-order chi connectivity index (χ1) is 14.0. The number of aromatic nitrogens is 1. The molecule has 0 fully saturated rings. The van der Waals surface area contributed by atoms with Gasteiger partial charge < -0.3 is 29.6 Å². The molecule has 1 heterocycles. The quantitative estimate of drug-likeness (QED) is 0.560. The van der Waals surface area contributed by atoms with Crippen molar-refractivity contribution >= 4 is 16.9 Å². The Kier molecular flexibility index (Phi) is 6.04. The van der Waals surface area contributed by atoms with E-state index in [2.05, 4.69) is 0 Å². The monoisotopic (exact) mass is 398 g/mol. The predicted molar refractivity (Wildman–Crippen MR) is 109 cm³/mol. The van der Waals surface area contributed by atoms with Crippen molar-refractivity contribution in [2.24, 2.45) is 5.73 Å². The van der Waals surface area contributed by atoms with Crippen molar-refractivity contribution in [3.63, 3.8) is 0 Å². The van der Waals surface area contributed by atoms with E-state index in [0.29, 0.717) is 48.0 Å². The zero-order chi connectivity index (χ0) is 21.0. The van der Waals surface area contributed by atoms with Crippen LogP contribution in [-0.4, -0.2) is 43.0 Å². The molecule has 8 nitrogen and oxygen atoms in total. The highest BCUT2D eigenvalue weighted by Gasteiger charge is 2.17. The van der Waals surface area contributed by atoms with Gasteiger partial charge in [-0.1, -0.05) is 0 Å². The van der Waals surface area contributed by atoms with E-state index in [0.717, 1.165) is 0 Å². The maximum absolute atomic E-state index is 12.7. The van der Waals surface area contributed by atoms with Crippen LogP contribution in [0.25, 0.3) is 16.6 Å². The maximum Gasteiger partial charge on any atom is 0.341 e. The van der Waals surface area contributed by atoms with Crippen LogP contribution in [0.4, 0.5) is 0 Å². The van der Waals surface area contributed by atoms with Crippen LogP contribution in [0.2, 0.25) is 0 Å². The number of fused-ring (bicyclic) bond motifs is 1. The minimum absolute atomic E-state index is 0.262. The molecule has 0 unspecified atom stereocenters. The Labute approximate surface area is 167 Å². The average Bonchev–Trinajstić information content (AvgIpc) is 2.73. The van der Waals surface area contributed by atoms with Crippen LogP contribution in [0.3, 0.4) is 0 Å². The van der Waals surface area contributed by atoms with Gasteiger partial charge in [0.15, 0.2) is 0 Å². The Morgan fingerprint density at radius 2 is 1.76 bits per heavy atom. The Balaban J connectivity index is 2.28. The lowest BCUT2D eigenvalue weighted by atomic mass is 10.1. The maximum atomic E-state index is 12.7. The van der Waals surface area contributed by atoms with Gasteiger partial charge in [-0.25, -0.2) is 4.79 Å². The second kappa shape index (κ2) is 8.66. The first-order valence-corrected chi connectivity index (χ1v) is 8.97. The van der Waals surface area contributed by atoms with Gasteiger partial charge in [-0.3, -0.25) is 4.79 Å². The van der Waals surface area contributed by atoms with Crippen LogP contribution in [0.5, 0.6) is 17.2 Å². The van der Waals surface area contributed by atoms with Gasteiger partial charge in [0.1, 0.15) is 22.8 Å². The zero-order valence-corrected chi connectivity index (χ0v) is 16.2. The van der Waals surface area contributed by atoms with Gasteiger partial charge in [0, 0.05) is 35.8 Å². The lowest BCUT2D eigenvalue weighted by molar-refractivity contribution is 0.0695. The number of ether oxygens (including phenoxy) is 3. The van der Waals surface area contributed by atoms with E-state index < -0.39 is 11.4 Å². The SMILES string of the molecule is COc1cc(OC)cc(-n2cc(C(=O)O)c(=O)c3ccc(OCCCN)cc32)c1. The van der Waals surface area contributed by atoms with E-state index in [1.54, 1.807) is 41.0 Å². The van der Waals surface area contributed by atoms with Crippen molar-refractivity contribution in [2.75, 3.05) is 27.4 Å². The van der Waals surface area contributed by atoms with E-state index in [4.69, 9.17) is 19.9 Å². The van der Waals surface area contributed by atoms with Gasteiger partial charge >= 0.3 is 5.97 Å². The highest BCUT2D eigenvalue weighted by molar-refractivity contribution is 5.93. The fraction of sp³-hybridized carbons (Fsp3) is 0.238. The number of hydrogen-bond acceptors (Lipinski definition) is 6. The molecule has 8 heteroatoms. The highest BCUT2D eigenvalue weighted by atomic mass is 16.5. The van der Waals surface area contributed by atoms with Crippen molar-refractivity contribution in [2.45, 2.75) is 6.42 Å². The van der Waals surface area contributed by atoms with Gasteiger partial charge in [-0.05, 0) is 25.1 Å². The molecule has 3 N–H and O–H groups in total. The summed E-state index contributed by atoms with van der Waals surface area (Å²) in [5.41, 5.74) is 5.68. The molecular weight excluding hydrogens is 376 g/mol. The Morgan fingerprint density at radius 1 is 1.07 bits per heavy atom. The summed E-state index contributed by atoms with van der Waals surface area (Å²) in [7, 11) is 3.04. The van der Waals surface area contributed by atoms with Crippen molar-refractivity contribution < 1.29 is 24.1 Å². The molecule has 0 saturated heterocycles. The predicted octanol–water partition coefficient (Wildman–Crippen LogP) is 2.43. The van der Waals surface area contributed by atoms with E-state index in [-0.39, 0.29) is 10.9 Å². The van der Waals surface area contributed by atoms with E-state index in [1.165, 1.54) is 20.4 Å². The number of carboxylic acids is 1. The Hall–Kier alpha value is -3.52. The number of methoxy groups -OCH3 is 2. The summed E-state index contributed by atoms with van der Waals surface area (Å²) in [6, 6.07) is 10.1. The molecule has 0 aliphatic heterocycles. The second-order valence-electron chi connectivity index (χ2n) is 6.29. The van der Waals surface area contributed by atoms with Gasteiger partial charge in [-0.15, -0.1) is 0 Å². The van der Waals surface area contributed by atoms with Crippen LogP contribution in [-0.2, 0) is 0 Å². The third-order valence-electron chi connectivity index (χ3n) is 4.44. The van der Waals surface area contributed by atoms with E-state index in [9.17, 15) is 14.7 Å². The number of nitrogens with zero attached hydrogens (tertiary/aromatic N) is 1. The van der Waals surface area contributed by atoms with Crippen LogP contribution < -0.4 is 25.4 Å². The topological polar surface area (TPSA) is 113 Å². The molecular formula is C21H22N2O6. The zero-order valence-electron chi connectivity index (χ0n) is 16.2. The van der Waals surface area contributed by atoms with Crippen molar-refractivity contribution in [3.05, 3.63) is 58.4 Å². The molecule has 0 amide bonds. The summed E-state index contributed by atoms with van der Waals surface area (Å²) in [6.07, 6.45) is 1.99. The molecule has 2 aromatic carbocycles. The standard InChI is InChI=1S/C21H22N2O6/c1-27-15-8-13(9-16(10-15)28-2)23-12-18(21(25)26)20(24)17-5-4-14(11-19(17)23)29-7-3-6-22/h4-5,8-12H,3,6-7,22H2,1-2H3,(H,25,26). The van der Waals surface area contributed by atoms with Gasteiger partial charge in [-0.2, -0.15) is 0 Å². The summed E-state index contributed by atoms with van der Waals surface area (Å²) < 4.78 is 17.9. The van der Waals surface area contributed by atoms with Crippen molar-refractivity contribution in [1.82, 2.24) is 4.57 Å². The number of hydrogen-bond donors (Lipinski definition) is 2. The van der Waals surface area contributed by atoms with Crippen molar-refractivity contribution in [1.29, 1.82) is 0 Å². The molecule has 0 bridgehead atoms. The van der Waals surface area contributed by atoms with Gasteiger partial charge in [0.05, 0.1) is 32.0 Å². The van der Waals surface area contributed by atoms with Crippen LogP contribution >= 0.6 is 0 Å². The number of pyridine rings is 1. The first-order valence-electron chi connectivity index (χ1n) is 8.97. The number of benzene rings is 2. The summed E-state index contributed by atoms with van der Waals surface area (Å²) >= 11 is 0. The summed E-state index contributed by atoms with van der Waals surface area (Å²) in [5.74, 6) is 0.303. The van der Waals surface area contributed by atoms with Crippen LogP contribution in [0, 0.1) is 0 Å². The Morgan fingerprint density at radius 3 is 2.34 bits per heavy atom. The average molecular weight is 398 g/mol. The third-order valence-corrected chi connectivity index (χ3v) is 4.44. The molecule has 0 saturated carbocycles. The van der Waals surface area contributed by atoms with Crippen LogP contribution in [0.1, 0.15) is 16.8 Å². The number of nitrogens with two attached hydrogens (primary N) is 1. The molecule has 0 aliphatic rings. The second-order valence-corrected chi connectivity index (χ2v) is 6.29. The molecule has 29 heavy (non-hydrogen) atoms. The number of carbonyl (C=O) groups is 1. The molecule has 0 aliphatic carbocycles. The third kappa shape index (κ3) is 4.17. The minimum atomic E-state index is -1.30. The smallest absolute Gasteiger partial charge is 0.341 e. The summed E-state index contributed by atoms with van der Waals surface area (Å²) in [5, 5.41) is 9.76. The molecule has 0 atom stereocenters. The highest BCUT2D eigenvalue weighted by Crippen LogP contribution is 2.28. The van der Waals surface area contributed by atoms with E-state index in [1.807, 2.05) is 0 Å². The van der Waals surface area contributed by atoms with Gasteiger partial charge in [0.2, 0.25) is 5.43 Å². The molecule has 1 aromatic heterocycles. The number of rotatable bonds is 8. The van der Waals surface area contributed by atoms with Crippen LogP contribution in [0.15, 0.2) is 47.4 Å².